The van der Waals surface area contributed by atoms with Gasteiger partial charge in [-0.15, -0.1) is 0 Å². The predicted octanol–water partition coefficient (Wildman–Crippen LogP) is 1.95. The van der Waals surface area contributed by atoms with Crippen LogP contribution >= 0.6 is 0 Å². The van der Waals surface area contributed by atoms with Gasteiger partial charge in [-0.25, -0.2) is 0 Å². The van der Waals surface area contributed by atoms with Crippen LogP contribution in [0.25, 0.3) is 0 Å². The van der Waals surface area contributed by atoms with Crippen molar-refractivity contribution in [1.82, 2.24) is 25.4 Å². The zero-order valence-electron chi connectivity index (χ0n) is 14.0. The highest BCUT2D eigenvalue weighted by atomic mass is 16.2. The highest BCUT2D eigenvalue weighted by molar-refractivity contribution is 5.99. The van der Waals surface area contributed by atoms with Gasteiger partial charge in [-0.2, -0.15) is 0 Å². The number of pyridine rings is 1. The van der Waals surface area contributed by atoms with E-state index in [2.05, 4.69) is 20.8 Å². The topological polar surface area (TPSA) is 91.8 Å². The van der Waals surface area contributed by atoms with Gasteiger partial charge in [0.15, 0.2) is 0 Å². The molecule has 3 heterocycles. The van der Waals surface area contributed by atoms with E-state index in [9.17, 15) is 9.59 Å². The molecule has 0 atom stereocenters. The summed E-state index contributed by atoms with van der Waals surface area (Å²) < 4.78 is 2.02. The molecule has 0 aromatic carbocycles. The molecule has 0 fully saturated rings. The fourth-order valence-electron chi connectivity index (χ4n) is 2.65. The summed E-state index contributed by atoms with van der Waals surface area (Å²) in [7, 11) is 0. The number of nitrogens with zero attached hydrogens (tertiary/aromatic N) is 2. The molecule has 0 aliphatic heterocycles. The molecule has 0 bridgehead atoms. The Morgan fingerprint density at radius 2 is 1.92 bits per heavy atom. The first-order chi connectivity index (χ1) is 12.1. The number of amides is 2. The summed E-state index contributed by atoms with van der Waals surface area (Å²) in [5.74, 6) is -0.763. The Bertz CT molecular complexity index is 882. The van der Waals surface area contributed by atoms with Gasteiger partial charge in [-0.05, 0) is 44.2 Å². The maximum absolute atomic E-state index is 12.4. The van der Waals surface area contributed by atoms with E-state index in [0.29, 0.717) is 17.8 Å². The highest BCUT2D eigenvalue weighted by Crippen LogP contribution is 2.16. The number of nitrogens with one attached hydrogen (secondary N) is 3. The summed E-state index contributed by atoms with van der Waals surface area (Å²) in [4.78, 5) is 31.4. The molecule has 7 heteroatoms. The molecule has 0 radical (unpaired) electrons. The Hall–Kier alpha value is -3.35. The number of carbonyl (C=O) groups excluding carboxylic acids is 2. The fourth-order valence-corrected chi connectivity index (χ4v) is 2.65. The number of H-pyrrole nitrogens is 1. The van der Waals surface area contributed by atoms with Gasteiger partial charge in [-0.3, -0.25) is 25.4 Å². The molecule has 2 amide bonds. The van der Waals surface area contributed by atoms with Crippen molar-refractivity contribution >= 4 is 11.8 Å². The van der Waals surface area contributed by atoms with Gasteiger partial charge in [0.05, 0.1) is 17.8 Å². The zero-order chi connectivity index (χ0) is 17.8. The molecular weight excluding hydrogens is 318 g/mol. The summed E-state index contributed by atoms with van der Waals surface area (Å²) in [5.41, 5.74) is 8.41. The lowest BCUT2D eigenvalue weighted by atomic mass is 10.2. The van der Waals surface area contributed by atoms with Gasteiger partial charge in [0.1, 0.15) is 5.69 Å². The van der Waals surface area contributed by atoms with Crippen molar-refractivity contribution in [2.24, 2.45) is 0 Å². The molecule has 128 valence electrons. The quantitative estimate of drug-likeness (QED) is 0.636. The lowest BCUT2D eigenvalue weighted by molar-refractivity contribution is 0.0844. The lowest BCUT2D eigenvalue weighted by Crippen LogP contribution is -2.41. The van der Waals surface area contributed by atoms with Gasteiger partial charge < -0.3 is 9.55 Å². The van der Waals surface area contributed by atoms with E-state index in [-0.39, 0.29) is 5.91 Å². The largest absolute Gasteiger partial charge is 0.357 e. The number of hydrogen-bond donors (Lipinski definition) is 3. The number of aromatic amines is 1. The summed E-state index contributed by atoms with van der Waals surface area (Å²) in [5, 5.41) is 0. The summed E-state index contributed by atoms with van der Waals surface area (Å²) in [6.45, 7) is 4.39. The molecule has 0 saturated heterocycles. The van der Waals surface area contributed by atoms with Crippen LogP contribution in [0.2, 0.25) is 0 Å². The molecule has 0 aliphatic rings. The van der Waals surface area contributed by atoms with Gasteiger partial charge >= 0.3 is 0 Å². The Morgan fingerprint density at radius 1 is 1.12 bits per heavy atom. The van der Waals surface area contributed by atoms with Crippen molar-refractivity contribution < 1.29 is 9.59 Å². The van der Waals surface area contributed by atoms with E-state index < -0.39 is 5.91 Å². The smallest absolute Gasteiger partial charge is 0.286 e. The number of aromatic nitrogens is 3. The fraction of sp³-hybridized carbons (Fsp3) is 0.167. The Morgan fingerprint density at radius 3 is 2.60 bits per heavy atom. The normalized spacial score (nSPS) is 10.5. The lowest BCUT2D eigenvalue weighted by Gasteiger charge is -2.10. The van der Waals surface area contributed by atoms with Gasteiger partial charge in [0, 0.05) is 23.8 Å². The van der Waals surface area contributed by atoms with E-state index >= 15 is 0 Å². The molecule has 0 unspecified atom stereocenters. The number of rotatable bonds is 4. The van der Waals surface area contributed by atoms with Crippen LogP contribution in [-0.4, -0.2) is 26.3 Å². The van der Waals surface area contributed by atoms with Crippen LogP contribution in [0, 0.1) is 13.8 Å². The van der Waals surface area contributed by atoms with E-state index in [1.165, 1.54) is 0 Å². The first kappa shape index (κ1) is 16.5. The Kier molecular flexibility index (Phi) is 4.65. The Balaban J connectivity index is 1.71. The van der Waals surface area contributed by atoms with E-state index in [1.54, 1.807) is 30.6 Å². The van der Waals surface area contributed by atoms with Gasteiger partial charge in [0.2, 0.25) is 0 Å². The first-order valence-corrected chi connectivity index (χ1v) is 7.87. The standard InChI is InChI=1S/C18H19N5O2/c1-12-10-15(13(2)23(12)11-14-6-3-4-8-19-14)17(24)21-22-18(25)16-7-5-9-20-16/h3-10,20H,11H2,1-2H3,(H,21,24)(H,22,25). The molecular formula is C18H19N5O2. The molecule has 0 spiro atoms. The van der Waals surface area contributed by atoms with Crippen molar-refractivity contribution in [2.75, 3.05) is 0 Å². The zero-order valence-corrected chi connectivity index (χ0v) is 14.0. The maximum Gasteiger partial charge on any atom is 0.286 e. The van der Waals surface area contributed by atoms with Crippen LogP contribution in [0.4, 0.5) is 0 Å². The van der Waals surface area contributed by atoms with Crippen molar-refractivity contribution in [2.45, 2.75) is 20.4 Å². The van der Waals surface area contributed by atoms with Crippen LogP contribution < -0.4 is 10.9 Å². The predicted molar refractivity (Wildman–Crippen MR) is 93.0 cm³/mol. The molecule has 3 rings (SSSR count). The van der Waals surface area contributed by atoms with Crippen molar-refractivity contribution in [3.8, 4) is 0 Å². The minimum Gasteiger partial charge on any atom is -0.357 e. The van der Waals surface area contributed by atoms with Crippen molar-refractivity contribution in [1.29, 1.82) is 0 Å². The average Bonchev–Trinajstić information content (AvgIpc) is 3.25. The minimum absolute atomic E-state index is 0.361. The van der Waals surface area contributed by atoms with Crippen LogP contribution in [0.15, 0.2) is 48.8 Å². The molecule has 0 saturated carbocycles. The van der Waals surface area contributed by atoms with Crippen LogP contribution in [-0.2, 0) is 6.54 Å². The summed E-state index contributed by atoms with van der Waals surface area (Å²) >= 11 is 0. The van der Waals surface area contributed by atoms with Gasteiger partial charge in [0.25, 0.3) is 11.8 Å². The minimum atomic E-state index is -0.402. The maximum atomic E-state index is 12.4. The number of carbonyl (C=O) groups is 2. The van der Waals surface area contributed by atoms with E-state index in [4.69, 9.17) is 0 Å². The second kappa shape index (κ2) is 7.04. The molecule has 25 heavy (non-hydrogen) atoms. The van der Waals surface area contributed by atoms with Crippen molar-refractivity contribution in [3.63, 3.8) is 0 Å². The highest BCUT2D eigenvalue weighted by Gasteiger charge is 2.17. The van der Waals surface area contributed by atoms with Crippen LogP contribution in [0.3, 0.4) is 0 Å². The van der Waals surface area contributed by atoms with Crippen LogP contribution in [0.1, 0.15) is 37.9 Å². The number of hydrazine groups is 1. The molecule has 0 aliphatic carbocycles. The summed E-state index contributed by atoms with van der Waals surface area (Å²) in [6.07, 6.45) is 3.38. The third kappa shape index (κ3) is 3.60. The first-order valence-electron chi connectivity index (χ1n) is 7.87. The summed E-state index contributed by atoms with van der Waals surface area (Å²) in [6, 6.07) is 10.9. The van der Waals surface area contributed by atoms with Crippen LogP contribution in [0.5, 0.6) is 0 Å². The molecule has 3 aromatic rings. The van der Waals surface area contributed by atoms with Gasteiger partial charge in [-0.1, -0.05) is 6.07 Å². The molecule has 7 nitrogen and oxygen atoms in total. The monoisotopic (exact) mass is 337 g/mol. The number of aryl methyl sites for hydroxylation is 1. The van der Waals surface area contributed by atoms with E-state index in [0.717, 1.165) is 17.1 Å². The average molecular weight is 337 g/mol. The molecule has 3 N–H and O–H groups in total. The third-order valence-electron chi connectivity index (χ3n) is 4.00. The molecule has 3 aromatic heterocycles. The SMILES string of the molecule is Cc1cc(C(=O)NNC(=O)c2ccc[nH]2)c(C)n1Cc1ccccn1. The van der Waals surface area contributed by atoms with Crippen molar-refractivity contribution in [3.05, 3.63) is 77.1 Å². The second-order valence-electron chi connectivity index (χ2n) is 5.68. The Labute approximate surface area is 145 Å². The number of hydrogen-bond acceptors (Lipinski definition) is 3. The van der Waals surface area contributed by atoms with E-state index in [1.807, 2.05) is 36.6 Å². The second-order valence-corrected chi connectivity index (χ2v) is 5.68. The third-order valence-corrected chi connectivity index (χ3v) is 4.00.